The average molecular weight is 267 g/mol. The Labute approximate surface area is 113 Å². The molecule has 2 heterocycles. The van der Waals surface area contributed by atoms with Gasteiger partial charge in [0.2, 0.25) is 11.9 Å². The van der Waals surface area contributed by atoms with Crippen molar-refractivity contribution in [3.8, 4) is 6.01 Å². The molecule has 0 aromatic carbocycles. The van der Waals surface area contributed by atoms with Crippen LogP contribution in [-0.4, -0.2) is 52.9 Å². The Morgan fingerprint density at radius 2 is 2.00 bits per heavy atom. The van der Waals surface area contributed by atoms with Gasteiger partial charge in [0.05, 0.1) is 6.61 Å². The molecule has 0 bridgehead atoms. The number of piperidine rings is 1. The number of hydrogen-bond donors (Lipinski definition) is 2. The van der Waals surface area contributed by atoms with E-state index in [-0.39, 0.29) is 19.2 Å². The third-order valence-corrected chi connectivity index (χ3v) is 2.90. The summed E-state index contributed by atoms with van der Waals surface area (Å²) in [6, 6.07) is 0.264. The van der Waals surface area contributed by atoms with Crippen molar-refractivity contribution in [3.05, 3.63) is 0 Å². The third kappa shape index (κ3) is 3.92. The van der Waals surface area contributed by atoms with E-state index in [0.29, 0.717) is 11.9 Å². The molecule has 1 saturated heterocycles. The molecular formula is C12H21N5O2. The monoisotopic (exact) mass is 267 g/mol. The lowest BCUT2D eigenvalue weighted by Gasteiger charge is -2.26. The molecule has 1 aromatic rings. The van der Waals surface area contributed by atoms with Gasteiger partial charge < -0.3 is 20.1 Å². The molecule has 0 atom stereocenters. The van der Waals surface area contributed by atoms with Crippen molar-refractivity contribution in [3.63, 3.8) is 0 Å². The minimum atomic E-state index is -0.0543. The molecule has 0 aliphatic carbocycles. The molecule has 0 spiro atoms. The first-order valence-electron chi connectivity index (χ1n) is 6.82. The summed E-state index contributed by atoms with van der Waals surface area (Å²) in [6.07, 6.45) is 3.58. The predicted octanol–water partition coefficient (Wildman–Crippen LogP) is 0.665. The van der Waals surface area contributed by atoms with Gasteiger partial charge in [0.25, 0.3) is 0 Å². The number of aliphatic hydroxyl groups excluding tert-OH is 1. The van der Waals surface area contributed by atoms with E-state index in [9.17, 15) is 0 Å². The zero-order valence-electron chi connectivity index (χ0n) is 11.3. The van der Waals surface area contributed by atoms with Crippen molar-refractivity contribution >= 4 is 11.9 Å². The summed E-state index contributed by atoms with van der Waals surface area (Å²) in [5.74, 6) is 1.17. The standard InChI is InChI=1S/C12H21N5O2/c1-2-13-10-14-11(17-6-4-3-5-7-17)16-12(15-10)19-9-8-18/h18H,2-9H2,1H3,(H,13,14,15,16). The van der Waals surface area contributed by atoms with E-state index >= 15 is 0 Å². The van der Waals surface area contributed by atoms with Crippen molar-refractivity contribution in [2.45, 2.75) is 26.2 Å². The molecule has 7 heteroatoms. The Hall–Kier alpha value is -1.63. The van der Waals surface area contributed by atoms with Gasteiger partial charge in [0, 0.05) is 19.6 Å². The molecule has 0 radical (unpaired) electrons. The van der Waals surface area contributed by atoms with Crippen LogP contribution in [0.2, 0.25) is 0 Å². The Morgan fingerprint density at radius 3 is 2.68 bits per heavy atom. The van der Waals surface area contributed by atoms with Gasteiger partial charge in [0.15, 0.2) is 0 Å². The minimum Gasteiger partial charge on any atom is -0.461 e. The number of anilines is 2. The van der Waals surface area contributed by atoms with Crippen LogP contribution in [0.4, 0.5) is 11.9 Å². The van der Waals surface area contributed by atoms with Crippen LogP contribution < -0.4 is 15.0 Å². The highest BCUT2D eigenvalue weighted by Gasteiger charge is 2.16. The quantitative estimate of drug-likeness (QED) is 0.783. The van der Waals surface area contributed by atoms with Crippen molar-refractivity contribution in [2.24, 2.45) is 0 Å². The van der Waals surface area contributed by atoms with Crippen molar-refractivity contribution in [1.82, 2.24) is 15.0 Å². The molecule has 1 aliphatic rings. The van der Waals surface area contributed by atoms with Gasteiger partial charge >= 0.3 is 6.01 Å². The molecule has 1 aliphatic heterocycles. The number of hydrogen-bond acceptors (Lipinski definition) is 7. The average Bonchev–Trinajstić information content (AvgIpc) is 2.46. The fourth-order valence-electron chi connectivity index (χ4n) is 2.02. The van der Waals surface area contributed by atoms with Crippen LogP contribution >= 0.6 is 0 Å². The summed E-state index contributed by atoms with van der Waals surface area (Å²) in [5.41, 5.74) is 0. The SMILES string of the molecule is CCNc1nc(OCCO)nc(N2CCCCC2)n1. The summed E-state index contributed by atoms with van der Waals surface area (Å²) in [7, 11) is 0. The highest BCUT2D eigenvalue weighted by atomic mass is 16.5. The molecule has 0 saturated carbocycles. The highest BCUT2D eigenvalue weighted by Crippen LogP contribution is 2.19. The first-order chi connectivity index (χ1) is 9.33. The summed E-state index contributed by atoms with van der Waals surface area (Å²) in [5, 5.41) is 11.9. The first-order valence-corrected chi connectivity index (χ1v) is 6.82. The van der Waals surface area contributed by atoms with E-state index in [4.69, 9.17) is 9.84 Å². The number of nitrogens with zero attached hydrogens (tertiary/aromatic N) is 4. The Bertz CT molecular complexity index is 396. The van der Waals surface area contributed by atoms with E-state index in [1.165, 1.54) is 6.42 Å². The maximum atomic E-state index is 8.80. The summed E-state index contributed by atoms with van der Waals surface area (Å²) < 4.78 is 5.29. The number of aliphatic hydroxyl groups is 1. The van der Waals surface area contributed by atoms with Gasteiger partial charge in [-0.25, -0.2) is 0 Å². The molecule has 106 valence electrons. The van der Waals surface area contributed by atoms with Gasteiger partial charge in [-0.1, -0.05) is 0 Å². The van der Waals surface area contributed by atoms with Crippen LogP contribution in [0.15, 0.2) is 0 Å². The van der Waals surface area contributed by atoms with Crippen LogP contribution in [0.5, 0.6) is 6.01 Å². The van der Waals surface area contributed by atoms with Gasteiger partial charge in [-0.2, -0.15) is 15.0 Å². The van der Waals surface area contributed by atoms with E-state index in [1.807, 2.05) is 6.92 Å². The second kappa shape index (κ2) is 7.08. The predicted molar refractivity (Wildman–Crippen MR) is 72.6 cm³/mol. The van der Waals surface area contributed by atoms with Gasteiger partial charge in [-0.3, -0.25) is 0 Å². The molecule has 1 aromatic heterocycles. The number of rotatable bonds is 6. The minimum absolute atomic E-state index is 0.0543. The Balaban J connectivity index is 2.17. The second-order valence-electron chi connectivity index (χ2n) is 4.39. The van der Waals surface area contributed by atoms with Gasteiger partial charge in [0.1, 0.15) is 6.61 Å². The summed E-state index contributed by atoms with van der Waals surface area (Å²) >= 11 is 0. The van der Waals surface area contributed by atoms with E-state index in [1.54, 1.807) is 0 Å². The smallest absolute Gasteiger partial charge is 0.323 e. The van der Waals surface area contributed by atoms with Crippen molar-refractivity contribution in [2.75, 3.05) is 43.1 Å². The van der Waals surface area contributed by atoms with E-state index < -0.39 is 0 Å². The first kappa shape index (κ1) is 13.8. The largest absolute Gasteiger partial charge is 0.461 e. The van der Waals surface area contributed by atoms with Crippen LogP contribution in [0.25, 0.3) is 0 Å². The molecular weight excluding hydrogens is 246 g/mol. The number of nitrogens with one attached hydrogen (secondary N) is 1. The zero-order chi connectivity index (χ0) is 13.5. The lowest BCUT2D eigenvalue weighted by molar-refractivity contribution is 0.191. The van der Waals surface area contributed by atoms with Crippen molar-refractivity contribution < 1.29 is 9.84 Å². The molecule has 7 nitrogen and oxygen atoms in total. The third-order valence-electron chi connectivity index (χ3n) is 2.90. The lowest BCUT2D eigenvalue weighted by Crippen LogP contribution is -2.31. The Morgan fingerprint density at radius 1 is 1.21 bits per heavy atom. The fraction of sp³-hybridized carbons (Fsp3) is 0.750. The van der Waals surface area contributed by atoms with Crippen LogP contribution in [0.3, 0.4) is 0 Å². The number of aromatic nitrogens is 3. The lowest BCUT2D eigenvalue weighted by atomic mass is 10.1. The number of ether oxygens (including phenoxy) is 1. The fourth-order valence-corrected chi connectivity index (χ4v) is 2.02. The highest BCUT2D eigenvalue weighted by molar-refractivity contribution is 5.38. The maximum Gasteiger partial charge on any atom is 0.323 e. The van der Waals surface area contributed by atoms with Crippen LogP contribution in [0, 0.1) is 0 Å². The second-order valence-corrected chi connectivity index (χ2v) is 4.39. The Kier molecular flexibility index (Phi) is 5.14. The maximum absolute atomic E-state index is 8.80. The zero-order valence-corrected chi connectivity index (χ0v) is 11.3. The molecule has 0 unspecified atom stereocenters. The van der Waals surface area contributed by atoms with E-state index in [2.05, 4.69) is 25.2 Å². The van der Waals surface area contributed by atoms with Gasteiger partial charge in [-0.15, -0.1) is 0 Å². The molecule has 0 amide bonds. The topological polar surface area (TPSA) is 83.4 Å². The van der Waals surface area contributed by atoms with Crippen molar-refractivity contribution in [1.29, 1.82) is 0 Å². The normalized spacial score (nSPS) is 15.4. The van der Waals surface area contributed by atoms with Crippen LogP contribution in [-0.2, 0) is 0 Å². The van der Waals surface area contributed by atoms with Gasteiger partial charge in [-0.05, 0) is 26.2 Å². The van der Waals surface area contributed by atoms with E-state index in [0.717, 1.165) is 32.5 Å². The summed E-state index contributed by atoms with van der Waals surface area (Å²) in [4.78, 5) is 15.0. The molecule has 2 rings (SSSR count). The molecule has 1 fully saturated rings. The van der Waals surface area contributed by atoms with Crippen LogP contribution in [0.1, 0.15) is 26.2 Å². The molecule has 2 N–H and O–H groups in total. The molecule has 19 heavy (non-hydrogen) atoms. The summed E-state index contributed by atoms with van der Waals surface area (Å²) in [6.45, 7) is 4.79.